The first-order valence-corrected chi connectivity index (χ1v) is 9.81. The first-order valence-electron chi connectivity index (χ1n) is 7.99. The van der Waals surface area contributed by atoms with E-state index >= 15 is 0 Å². The van der Waals surface area contributed by atoms with Crippen molar-refractivity contribution in [3.05, 3.63) is 29.3 Å². The molecule has 3 fully saturated rings. The summed E-state index contributed by atoms with van der Waals surface area (Å²) in [5, 5.41) is 0.396. The summed E-state index contributed by atoms with van der Waals surface area (Å²) in [5.41, 5.74) is 0. The number of hydrogen-bond donors (Lipinski definition) is 0. The Morgan fingerprint density at radius 2 is 2.04 bits per heavy atom. The zero-order chi connectivity index (χ0) is 16.6. The van der Waals surface area contributed by atoms with Crippen molar-refractivity contribution < 1.29 is 13.2 Å². The second kappa shape index (κ2) is 6.42. The third kappa shape index (κ3) is 3.12. The number of fused-ring (bicyclic) bond motifs is 4. The van der Waals surface area contributed by atoms with Crippen LogP contribution in [-0.4, -0.2) is 49.2 Å². The van der Waals surface area contributed by atoms with Crippen LogP contribution in [0.25, 0.3) is 0 Å². The van der Waals surface area contributed by atoms with Gasteiger partial charge in [-0.05, 0) is 37.5 Å². The maximum Gasteiger partial charge on any atom is 0.243 e. The van der Waals surface area contributed by atoms with Gasteiger partial charge in [-0.25, -0.2) is 8.42 Å². The van der Waals surface area contributed by atoms with Gasteiger partial charge in [-0.3, -0.25) is 4.79 Å². The fourth-order valence-electron chi connectivity index (χ4n) is 3.51. The molecular weight excluding hydrogens is 336 g/mol. The summed E-state index contributed by atoms with van der Waals surface area (Å²) >= 11 is 5.93. The van der Waals surface area contributed by atoms with Gasteiger partial charge in [0.05, 0.1) is 10.8 Å². The number of carbonyl (C=O) groups is 1. The summed E-state index contributed by atoms with van der Waals surface area (Å²) in [4.78, 5) is 14.6. The molecule has 3 aliphatic rings. The highest BCUT2D eigenvalue weighted by molar-refractivity contribution is 7.89. The Labute approximate surface area is 142 Å². The topological polar surface area (TPSA) is 57.7 Å². The van der Waals surface area contributed by atoms with Crippen molar-refractivity contribution in [1.29, 1.82) is 0 Å². The van der Waals surface area contributed by atoms with Crippen molar-refractivity contribution in [2.75, 3.05) is 19.6 Å². The number of piperidine rings is 1. The number of hydrogen-bond acceptors (Lipinski definition) is 3. The molecule has 0 radical (unpaired) electrons. The van der Waals surface area contributed by atoms with Crippen molar-refractivity contribution in [3.8, 4) is 0 Å². The summed E-state index contributed by atoms with van der Waals surface area (Å²) < 4.78 is 27.3. The molecule has 2 atom stereocenters. The fourth-order valence-corrected chi connectivity index (χ4v) is 5.33. The van der Waals surface area contributed by atoms with Crippen molar-refractivity contribution in [2.45, 2.75) is 37.1 Å². The average molecular weight is 357 g/mol. The van der Waals surface area contributed by atoms with Crippen LogP contribution in [0.3, 0.4) is 0 Å². The van der Waals surface area contributed by atoms with Gasteiger partial charge in [0.1, 0.15) is 0 Å². The van der Waals surface area contributed by atoms with Gasteiger partial charge < -0.3 is 4.90 Å². The van der Waals surface area contributed by atoms with E-state index in [1.165, 1.54) is 10.4 Å². The standard InChI is InChI=1S/C16H21ClN2O3S/c1-2-8-19-14-7-6-12(16(19)20)10-18(11-14)23(21,22)15-5-3-4-13(17)9-15/h3-5,9,12,14H,2,6-8,10-11H2,1H3/t12-,14+/m0/s1. The van der Waals surface area contributed by atoms with Crippen LogP contribution in [0.4, 0.5) is 0 Å². The molecule has 1 aromatic rings. The lowest BCUT2D eigenvalue weighted by molar-refractivity contribution is -0.139. The minimum atomic E-state index is -3.63. The summed E-state index contributed by atoms with van der Waals surface area (Å²) in [6, 6.07) is 6.29. The SMILES string of the molecule is CCCN1C(=O)[C@H]2CC[C@@H]1CN(S(=O)(=O)c1cccc(Cl)c1)C2. The molecule has 23 heavy (non-hydrogen) atoms. The number of halogens is 1. The minimum Gasteiger partial charge on any atom is -0.338 e. The molecule has 0 aromatic heterocycles. The van der Waals surface area contributed by atoms with Gasteiger partial charge in [-0.1, -0.05) is 24.6 Å². The molecule has 7 heteroatoms. The van der Waals surface area contributed by atoms with E-state index in [1.807, 2.05) is 11.8 Å². The molecule has 3 saturated heterocycles. The van der Waals surface area contributed by atoms with Gasteiger partial charge in [0.2, 0.25) is 15.9 Å². The number of benzene rings is 1. The summed E-state index contributed by atoms with van der Waals surface area (Å²) in [5.74, 6) is -0.124. The number of sulfonamides is 1. The van der Waals surface area contributed by atoms with Crippen LogP contribution >= 0.6 is 11.6 Å². The van der Waals surface area contributed by atoms with E-state index in [-0.39, 0.29) is 29.3 Å². The van der Waals surface area contributed by atoms with Crippen LogP contribution in [0, 0.1) is 5.92 Å². The Morgan fingerprint density at radius 3 is 2.74 bits per heavy atom. The van der Waals surface area contributed by atoms with Gasteiger partial charge >= 0.3 is 0 Å². The van der Waals surface area contributed by atoms with E-state index in [2.05, 4.69) is 0 Å². The molecule has 0 N–H and O–H groups in total. The molecule has 3 heterocycles. The first kappa shape index (κ1) is 16.7. The Kier molecular flexibility index (Phi) is 4.67. The molecule has 2 bridgehead atoms. The van der Waals surface area contributed by atoms with Crippen molar-refractivity contribution in [1.82, 2.24) is 9.21 Å². The number of carbonyl (C=O) groups excluding carboxylic acids is 1. The van der Waals surface area contributed by atoms with E-state index in [0.717, 1.165) is 19.3 Å². The summed E-state index contributed by atoms with van der Waals surface area (Å²) in [7, 11) is -3.63. The van der Waals surface area contributed by atoms with Crippen molar-refractivity contribution in [2.24, 2.45) is 5.92 Å². The summed E-state index contributed by atoms with van der Waals surface area (Å²) in [6.45, 7) is 3.37. The van der Waals surface area contributed by atoms with E-state index in [0.29, 0.717) is 18.1 Å². The van der Waals surface area contributed by atoms with E-state index < -0.39 is 10.0 Å². The maximum atomic E-state index is 12.9. The van der Waals surface area contributed by atoms with Crippen LogP contribution in [0.2, 0.25) is 5.02 Å². The number of rotatable bonds is 4. The quantitative estimate of drug-likeness (QED) is 0.832. The average Bonchev–Trinajstić information content (AvgIpc) is 2.81. The fraction of sp³-hybridized carbons (Fsp3) is 0.562. The predicted octanol–water partition coefficient (Wildman–Crippen LogP) is 2.36. The van der Waals surface area contributed by atoms with E-state index in [4.69, 9.17) is 11.6 Å². The first-order chi connectivity index (χ1) is 10.9. The molecule has 0 spiro atoms. The maximum absolute atomic E-state index is 12.9. The molecule has 1 aromatic carbocycles. The van der Waals surface area contributed by atoms with Gasteiger partial charge in [0.25, 0.3) is 0 Å². The van der Waals surface area contributed by atoms with Gasteiger partial charge in [-0.2, -0.15) is 4.31 Å². The molecule has 1 amide bonds. The lowest BCUT2D eigenvalue weighted by Gasteiger charge is -2.35. The highest BCUT2D eigenvalue weighted by Crippen LogP contribution is 2.32. The normalized spacial score (nSPS) is 25.7. The van der Waals surface area contributed by atoms with Crippen molar-refractivity contribution in [3.63, 3.8) is 0 Å². The number of nitrogens with zero attached hydrogens (tertiary/aromatic N) is 2. The largest absolute Gasteiger partial charge is 0.338 e. The summed E-state index contributed by atoms with van der Waals surface area (Å²) in [6.07, 6.45) is 2.53. The zero-order valence-corrected chi connectivity index (χ0v) is 14.7. The molecular formula is C16H21ClN2O3S. The predicted molar refractivity (Wildman–Crippen MR) is 88.7 cm³/mol. The van der Waals surface area contributed by atoms with E-state index in [1.54, 1.807) is 18.2 Å². The lowest BCUT2D eigenvalue weighted by Crippen LogP contribution is -2.48. The van der Waals surface area contributed by atoms with Crippen LogP contribution in [0.15, 0.2) is 29.2 Å². The Hall–Kier alpha value is -1.11. The van der Waals surface area contributed by atoms with Crippen LogP contribution < -0.4 is 0 Å². The minimum absolute atomic E-state index is 0.0184. The molecule has 0 aliphatic carbocycles. The molecule has 5 nitrogen and oxygen atoms in total. The highest BCUT2D eigenvalue weighted by atomic mass is 35.5. The smallest absolute Gasteiger partial charge is 0.243 e. The van der Waals surface area contributed by atoms with Crippen LogP contribution in [0.5, 0.6) is 0 Å². The monoisotopic (exact) mass is 356 g/mol. The lowest BCUT2D eigenvalue weighted by atomic mass is 9.94. The van der Waals surface area contributed by atoms with Gasteiger partial charge in [0.15, 0.2) is 0 Å². The molecule has 0 saturated carbocycles. The molecule has 4 rings (SSSR count). The Bertz CT molecular complexity index is 707. The highest BCUT2D eigenvalue weighted by Gasteiger charge is 2.43. The molecule has 0 unspecified atom stereocenters. The second-order valence-corrected chi connectivity index (χ2v) is 8.61. The van der Waals surface area contributed by atoms with Gasteiger partial charge in [-0.15, -0.1) is 0 Å². The molecule has 3 aliphatic heterocycles. The van der Waals surface area contributed by atoms with E-state index in [9.17, 15) is 13.2 Å². The zero-order valence-electron chi connectivity index (χ0n) is 13.1. The van der Waals surface area contributed by atoms with Crippen molar-refractivity contribution >= 4 is 27.5 Å². The molecule has 126 valence electrons. The van der Waals surface area contributed by atoms with Crippen LogP contribution in [0.1, 0.15) is 26.2 Å². The Morgan fingerprint density at radius 1 is 1.26 bits per heavy atom. The third-order valence-electron chi connectivity index (χ3n) is 4.66. The van der Waals surface area contributed by atoms with Crippen LogP contribution in [-0.2, 0) is 14.8 Å². The van der Waals surface area contributed by atoms with Gasteiger partial charge in [0, 0.05) is 30.7 Å². The third-order valence-corrected chi connectivity index (χ3v) is 6.72. The number of amides is 1. The second-order valence-electron chi connectivity index (χ2n) is 6.24. The Balaban J connectivity index is 1.91.